The van der Waals surface area contributed by atoms with Crippen molar-refractivity contribution in [2.45, 2.75) is 40.2 Å². The SMILES string of the molecule is CCCCn1c(=CC=C2SC(=S)N(CC)C2=O)sc(=C2SC(c3ccccc3)=C(c3ccccc3)N2CC)c1=O. The molecular formula is C31H31N3O2S4. The standard InChI is InChI=1S/C31H31N3O2S4/c1-4-7-20-34-24(19-18-23-28(35)33(6-3)31(37)38-23)39-27(29(34)36)30-32(5-2)25(21-14-10-8-11-15-21)26(40-30)22-16-12-9-13-17-22/h8-19H,4-7,20H2,1-3H3. The van der Waals surface area contributed by atoms with E-state index in [-0.39, 0.29) is 11.5 Å². The molecule has 2 aliphatic rings. The monoisotopic (exact) mass is 605 g/mol. The third-order valence-electron chi connectivity index (χ3n) is 6.74. The maximum atomic E-state index is 14.0. The van der Waals surface area contributed by atoms with Gasteiger partial charge in [0.15, 0.2) is 0 Å². The first-order valence-electron chi connectivity index (χ1n) is 13.5. The van der Waals surface area contributed by atoms with Gasteiger partial charge in [0, 0.05) is 24.5 Å². The zero-order chi connectivity index (χ0) is 28.2. The highest BCUT2D eigenvalue weighted by Crippen LogP contribution is 2.50. The Labute approximate surface area is 252 Å². The second-order valence-electron chi connectivity index (χ2n) is 9.26. The van der Waals surface area contributed by atoms with Gasteiger partial charge in [0.25, 0.3) is 11.5 Å². The third kappa shape index (κ3) is 5.52. The van der Waals surface area contributed by atoms with Gasteiger partial charge < -0.3 is 4.90 Å². The molecule has 1 fully saturated rings. The fraction of sp³-hybridized carbons (Fsp3) is 0.258. The van der Waals surface area contributed by atoms with Crippen LogP contribution in [-0.4, -0.2) is 37.7 Å². The minimum Gasteiger partial charge on any atom is -0.333 e. The van der Waals surface area contributed by atoms with Crippen LogP contribution in [0.4, 0.5) is 0 Å². The van der Waals surface area contributed by atoms with Crippen LogP contribution < -0.4 is 14.8 Å². The van der Waals surface area contributed by atoms with Gasteiger partial charge in [0.05, 0.1) is 15.3 Å². The first-order chi connectivity index (χ1) is 19.5. The lowest BCUT2D eigenvalue weighted by Gasteiger charge is -2.21. The van der Waals surface area contributed by atoms with E-state index in [0.717, 1.165) is 55.3 Å². The molecule has 3 heterocycles. The van der Waals surface area contributed by atoms with Crippen LogP contribution in [0, 0.1) is 0 Å². The van der Waals surface area contributed by atoms with Gasteiger partial charge in [-0.3, -0.25) is 19.1 Å². The Morgan fingerprint density at radius 1 is 0.825 bits per heavy atom. The fourth-order valence-electron chi connectivity index (χ4n) is 4.71. The van der Waals surface area contributed by atoms with Crippen molar-refractivity contribution < 1.29 is 4.79 Å². The van der Waals surface area contributed by atoms with E-state index in [1.54, 1.807) is 16.7 Å². The number of amides is 1. The number of aromatic nitrogens is 1. The molecule has 1 saturated heterocycles. The summed E-state index contributed by atoms with van der Waals surface area (Å²) in [5, 5.41) is 0.956. The summed E-state index contributed by atoms with van der Waals surface area (Å²) in [5.41, 5.74) is 3.39. The number of benzene rings is 2. The molecule has 2 aliphatic heterocycles. The fourth-order valence-corrected chi connectivity index (χ4v) is 8.59. The van der Waals surface area contributed by atoms with Crippen LogP contribution in [0.3, 0.4) is 0 Å². The summed E-state index contributed by atoms with van der Waals surface area (Å²) in [6.07, 6.45) is 5.61. The quantitative estimate of drug-likeness (QED) is 0.235. The number of hydrogen-bond donors (Lipinski definition) is 0. The summed E-state index contributed by atoms with van der Waals surface area (Å²) < 4.78 is 4.01. The maximum absolute atomic E-state index is 14.0. The summed E-state index contributed by atoms with van der Waals surface area (Å²) in [7, 11) is 0. The van der Waals surface area contributed by atoms with Crippen LogP contribution in [-0.2, 0) is 11.3 Å². The van der Waals surface area contributed by atoms with Crippen molar-refractivity contribution in [2.24, 2.45) is 0 Å². The van der Waals surface area contributed by atoms with Crippen molar-refractivity contribution in [1.29, 1.82) is 0 Å². The van der Waals surface area contributed by atoms with Gasteiger partial charge in [0.1, 0.15) is 13.9 Å². The van der Waals surface area contributed by atoms with Gasteiger partial charge in [-0.1, -0.05) is 110 Å². The number of likely N-dealkylation sites (N-methyl/N-ethyl adjacent to an activating group) is 1. The number of nitrogens with zero attached hydrogens (tertiary/aromatic N) is 3. The Hall–Kier alpha value is -2.85. The van der Waals surface area contributed by atoms with Crippen molar-refractivity contribution in [2.75, 3.05) is 13.1 Å². The number of thiocarbonyl (C=S) groups is 1. The molecule has 5 rings (SSSR count). The Morgan fingerprint density at radius 2 is 1.48 bits per heavy atom. The smallest absolute Gasteiger partial charge is 0.271 e. The lowest BCUT2D eigenvalue weighted by molar-refractivity contribution is -0.122. The second-order valence-corrected chi connectivity index (χ2v) is 13.0. The Bertz CT molecular complexity index is 1670. The van der Waals surface area contributed by atoms with Gasteiger partial charge in [-0.15, -0.1) is 11.3 Å². The van der Waals surface area contributed by atoms with E-state index in [9.17, 15) is 9.59 Å². The number of unbranched alkanes of at least 4 members (excludes halogenated alkanes) is 1. The summed E-state index contributed by atoms with van der Waals surface area (Å²) >= 11 is 9.86. The molecule has 2 aromatic carbocycles. The van der Waals surface area contributed by atoms with Crippen LogP contribution in [0.2, 0.25) is 0 Å². The van der Waals surface area contributed by atoms with Crippen LogP contribution in [0.1, 0.15) is 44.7 Å². The first kappa shape index (κ1) is 28.7. The number of carbonyl (C=O) groups is 1. The summed E-state index contributed by atoms with van der Waals surface area (Å²) in [6, 6.07) is 20.8. The minimum atomic E-state index is -0.0740. The molecule has 206 valence electrons. The van der Waals surface area contributed by atoms with E-state index < -0.39 is 0 Å². The number of allylic oxidation sites excluding steroid dienone is 1. The highest BCUT2D eigenvalue weighted by molar-refractivity contribution is 8.26. The molecule has 1 amide bonds. The number of thioether (sulfide) groups is 2. The van der Waals surface area contributed by atoms with Crippen LogP contribution >= 0.6 is 47.1 Å². The van der Waals surface area contributed by atoms with Crippen molar-refractivity contribution in [3.8, 4) is 0 Å². The lowest BCUT2D eigenvalue weighted by atomic mass is 10.1. The minimum absolute atomic E-state index is 0.0156. The normalized spacial score (nSPS) is 18.7. The summed E-state index contributed by atoms with van der Waals surface area (Å²) in [5.74, 6) is -0.0740. The van der Waals surface area contributed by atoms with Crippen molar-refractivity contribution >= 4 is 79.0 Å². The molecule has 5 nitrogen and oxygen atoms in total. The van der Waals surface area contributed by atoms with Crippen LogP contribution in [0.5, 0.6) is 0 Å². The lowest BCUT2D eigenvalue weighted by Crippen LogP contribution is -2.34. The first-order valence-corrected chi connectivity index (χ1v) is 16.3. The van der Waals surface area contributed by atoms with Crippen LogP contribution in [0.15, 0.2) is 76.4 Å². The van der Waals surface area contributed by atoms with E-state index in [2.05, 4.69) is 67.3 Å². The highest BCUT2D eigenvalue weighted by Gasteiger charge is 2.32. The number of thiazole rings is 1. The predicted octanol–water partition coefficient (Wildman–Crippen LogP) is 5.91. The summed E-state index contributed by atoms with van der Waals surface area (Å²) in [6.45, 7) is 8.09. The van der Waals surface area contributed by atoms with Crippen molar-refractivity contribution in [1.82, 2.24) is 14.4 Å². The van der Waals surface area contributed by atoms with Gasteiger partial charge in [-0.25, -0.2) is 0 Å². The maximum Gasteiger partial charge on any atom is 0.271 e. The van der Waals surface area contributed by atoms with Crippen LogP contribution in [0.25, 0.3) is 21.7 Å². The highest BCUT2D eigenvalue weighted by atomic mass is 32.2. The molecule has 0 spiro atoms. The van der Waals surface area contributed by atoms with Crippen molar-refractivity contribution in [3.05, 3.63) is 102 Å². The van der Waals surface area contributed by atoms with E-state index >= 15 is 0 Å². The van der Waals surface area contributed by atoms with Gasteiger partial charge in [0.2, 0.25) is 0 Å². The number of hydrogen-bond acceptors (Lipinski definition) is 7. The second kappa shape index (κ2) is 12.8. The van der Waals surface area contributed by atoms with Gasteiger partial charge in [-0.05, 0) is 43.5 Å². The molecule has 0 saturated carbocycles. The third-order valence-corrected chi connectivity index (χ3v) is 10.7. The molecule has 0 N–H and O–H groups in total. The average Bonchev–Trinajstić information content (AvgIpc) is 3.61. The molecule has 0 aliphatic carbocycles. The van der Waals surface area contributed by atoms with Gasteiger partial charge >= 0.3 is 0 Å². The zero-order valence-corrected chi connectivity index (χ0v) is 26.0. The Morgan fingerprint density at radius 3 is 2.08 bits per heavy atom. The molecule has 0 atom stereocenters. The predicted molar refractivity (Wildman–Crippen MR) is 176 cm³/mol. The molecule has 1 aromatic heterocycles. The van der Waals surface area contributed by atoms with Crippen molar-refractivity contribution in [3.63, 3.8) is 0 Å². The molecule has 40 heavy (non-hydrogen) atoms. The van der Waals surface area contributed by atoms with E-state index in [1.807, 2.05) is 35.8 Å². The molecule has 0 unspecified atom stereocenters. The molecule has 3 aromatic rings. The zero-order valence-electron chi connectivity index (χ0n) is 22.8. The largest absolute Gasteiger partial charge is 0.333 e. The topological polar surface area (TPSA) is 45.6 Å². The number of rotatable bonds is 8. The average molecular weight is 606 g/mol. The Balaban J connectivity index is 1.69. The molecule has 0 bridgehead atoms. The molecular weight excluding hydrogens is 575 g/mol. The summed E-state index contributed by atoms with van der Waals surface area (Å²) in [4.78, 5) is 32.4. The Kier molecular flexibility index (Phi) is 9.15. The molecule has 0 radical (unpaired) electrons. The number of carbonyl (C=O) groups excluding carboxylic acids is 1. The van der Waals surface area contributed by atoms with E-state index in [0.29, 0.717) is 22.3 Å². The van der Waals surface area contributed by atoms with Gasteiger partial charge in [-0.2, -0.15) is 0 Å². The molecule has 9 heteroatoms. The van der Waals surface area contributed by atoms with E-state index in [4.69, 9.17) is 12.2 Å². The van der Waals surface area contributed by atoms with E-state index in [1.165, 1.54) is 23.1 Å².